The quantitative estimate of drug-likeness (QED) is 0.0216. The number of allylic oxidation sites excluding steroid dienone is 11. The maximum atomic E-state index is 13.4. The molecule has 3 aliphatic heterocycles. The van der Waals surface area contributed by atoms with Crippen LogP contribution in [0.15, 0.2) is 72.9 Å². The molecule has 84 heavy (non-hydrogen) atoms. The molecule has 3 fully saturated rings. The number of aliphatic hydroxyl groups excluding tert-OH is 11. The van der Waals surface area contributed by atoms with Gasteiger partial charge in [0.15, 0.2) is 18.9 Å². The lowest BCUT2D eigenvalue weighted by atomic mass is 9.96. The number of rotatable bonds is 47. The largest absolute Gasteiger partial charge is 0.394 e. The van der Waals surface area contributed by atoms with Crippen molar-refractivity contribution in [3.63, 3.8) is 0 Å². The van der Waals surface area contributed by atoms with Crippen LogP contribution in [0.25, 0.3) is 0 Å². The van der Waals surface area contributed by atoms with Gasteiger partial charge in [-0.05, 0) is 64.2 Å². The molecule has 12 N–H and O–H groups in total. The van der Waals surface area contributed by atoms with Crippen molar-refractivity contribution in [3.8, 4) is 0 Å². The van der Waals surface area contributed by atoms with E-state index in [0.29, 0.717) is 6.42 Å². The Labute approximate surface area is 502 Å². The fourth-order valence-electron chi connectivity index (χ4n) is 10.5. The first-order valence-corrected chi connectivity index (χ1v) is 32.2. The molecule has 3 rings (SSSR count). The Balaban J connectivity index is 1.48. The molecule has 0 bridgehead atoms. The topological polar surface area (TPSA) is 307 Å². The third kappa shape index (κ3) is 30.0. The van der Waals surface area contributed by atoms with Crippen molar-refractivity contribution in [1.29, 1.82) is 0 Å². The number of aliphatic hydroxyl groups is 11. The average Bonchev–Trinajstić information content (AvgIpc) is 3.69. The van der Waals surface area contributed by atoms with Crippen molar-refractivity contribution in [2.24, 2.45) is 0 Å². The van der Waals surface area contributed by atoms with Gasteiger partial charge in [0.2, 0.25) is 5.91 Å². The summed E-state index contributed by atoms with van der Waals surface area (Å²) in [5.74, 6) is -0.290. The highest BCUT2D eigenvalue weighted by molar-refractivity contribution is 5.76. The summed E-state index contributed by atoms with van der Waals surface area (Å²) in [7, 11) is 0. The van der Waals surface area contributed by atoms with Crippen LogP contribution < -0.4 is 5.32 Å². The fourth-order valence-corrected chi connectivity index (χ4v) is 10.5. The zero-order valence-corrected chi connectivity index (χ0v) is 50.9. The normalized spacial score (nSPS) is 29.7. The highest BCUT2D eigenvalue weighted by Crippen LogP contribution is 2.33. The molecule has 0 saturated carbocycles. The van der Waals surface area contributed by atoms with Gasteiger partial charge >= 0.3 is 0 Å². The van der Waals surface area contributed by atoms with Crippen molar-refractivity contribution in [3.05, 3.63) is 72.9 Å². The van der Waals surface area contributed by atoms with E-state index < -0.39 is 124 Å². The number of carbonyl (C=O) groups excluding carboxylic acids is 1. The van der Waals surface area contributed by atoms with E-state index >= 15 is 0 Å². The van der Waals surface area contributed by atoms with Gasteiger partial charge in [-0.2, -0.15) is 0 Å². The smallest absolute Gasteiger partial charge is 0.220 e. The molecule has 17 atom stereocenters. The van der Waals surface area contributed by atoms with Gasteiger partial charge in [0.25, 0.3) is 0 Å². The highest BCUT2D eigenvalue weighted by atomic mass is 16.8. The lowest BCUT2D eigenvalue weighted by molar-refractivity contribution is -0.379. The lowest BCUT2D eigenvalue weighted by Crippen LogP contribution is -2.66. The standard InChI is InChI=1S/C65H113NO18/c1-3-5-7-9-11-13-15-17-19-21-22-23-24-25-26-27-29-31-33-35-37-39-41-43-53(71)66-48(49(70)42-40-38-36-34-32-30-28-20-18-16-14-12-10-8-6-4-2)47-79-63-59(77)56(74)61(51(45-68)81-63)84-65-60(78)57(75)62(52(46-69)82-65)83-64-58(76)55(73)54(72)50(44-67)80-64/h5,7,11,13,17,19,22-23,25-26,40,42,48-52,54-65,67-70,72-78H,3-4,6,8-10,12,14-16,18,20-21,24,27-39,41,43-47H2,1-2H3,(H,66,71)/b7-5-,13-11-,19-17-,23-22-,26-25-,42-40+. The minimum absolute atomic E-state index is 0.227. The molecular weight excluding hydrogens is 1080 g/mol. The number of amides is 1. The van der Waals surface area contributed by atoms with E-state index in [9.17, 15) is 61.0 Å². The molecule has 0 aromatic carbocycles. The first-order chi connectivity index (χ1) is 40.8. The molecular formula is C65H113NO18. The molecule has 19 heteroatoms. The summed E-state index contributed by atoms with van der Waals surface area (Å²) in [5, 5.41) is 120. The first kappa shape index (κ1) is 75.5. The van der Waals surface area contributed by atoms with Crippen LogP contribution >= 0.6 is 0 Å². The van der Waals surface area contributed by atoms with Crippen molar-refractivity contribution in [2.75, 3.05) is 26.4 Å². The van der Waals surface area contributed by atoms with E-state index in [-0.39, 0.29) is 18.9 Å². The summed E-state index contributed by atoms with van der Waals surface area (Å²) in [6.07, 6.45) is 30.1. The summed E-state index contributed by atoms with van der Waals surface area (Å²) in [6, 6.07) is -0.983. The third-order valence-electron chi connectivity index (χ3n) is 15.8. The van der Waals surface area contributed by atoms with Crippen LogP contribution in [0.5, 0.6) is 0 Å². The summed E-state index contributed by atoms with van der Waals surface area (Å²) in [4.78, 5) is 13.4. The second kappa shape index (κ2) is 47.3. The molecule has 1 amide bonds. The molecule has 0 spiro atoms. The number of hydrogen-bond acceptors (Lipinski definition) is 18. The first-order valence-electron chi connectivity index (χ1n) is 32.2. The van der Waals surface area contributed by atoms with E-state index in [0.717, 1.165) is 103 Å². The van der Waals surface area contributed by atoms with Gasteiger partial charge in [-0.25, -0.2) is 0 Å². The zero-order valence-electron chi connectivity index (χ0n) is 50.9. The Hall–Kier alpha value is -2.77. The Morgan fingerprint density at radius 3 is 1.29 bits per heavy atom. The van der Waals surface area contributed by atoms with E-state index in [1.54, 1.807) is 6.08 Å². The van der Waals surface area contributed by atoms with Gasteiger partial charge < -0.3 is 89.9 Å². The third-order valence-corrected chi connectivity index (χ3v) is 15.8. The lowest BCUT2D eigenvalue weighted by Gasteiger charge is -2.48. The van der Waals surface area contributed by atoms with E-state index in [1.165, 1.54) is 70.6 Å². The molecule has 19 nitrogen and oxygen atoms in total. The van der Waals surface area contributed by atoms with Crippen LogP contribution in [0.3, 0.4) is 0 Å². The predicted octanol–water partition coefficient (Wildman–Crippen LogP) is 6.99. The number of hydrogen-bond donors (Lipinski definition) is 12. The van der Waals surface area contributed by atoms with Crippen molar-refractivity contribution in [2.45, 2.75) is 304 Å². The van der Waals surface area contributed by atoms with Crippen LogP contribution in [0.1, 0.15) is 200 Å². The maximum Gasteiger partial charge on any atom is 0.220 e. The fraction of sp³-hybridized carbons (Fsp3) is 0.800. The van der Waals surface area contributed by atoms with Gasteiger partial charge in [0, 0.05) is 6.42 Å². The molecule has 486 valence electrons. The molecule has 3 aliphatic rings. The average molecular weight is 1200 g/mol. The Bertz CT molecular complexity index is 1810. The van der Waals surface area contributed by atoms with E-state index in [1.807, 2.05) is 6.08 Å². The number of nitrogens with one attached hydrogen (secondary N) is 1. The monoisotopic (exact) mass is 1200 g/mol. The van der Waals surface area contributed by atoms with Gasteiger partial charge in [-0.1, -0.05) is 202 Å². The number of unbranched alkanes of at least 4 members (excludes halogenated alkanes) is 21. The van der Waals surface area contributed by atoms with Crippen molar-refractivity contribution < 1.29 is 89.4 Å². The van der Waals surface area contributed by atoms with E-state index in [4.69, 9.17) is 28.4 Å². The van der Waals surface area contributed by atoms with Gasteiger partial charge in [-0.3, -0.25) is 4.79 Å². The number of ether oxygens (including phenoxy) is 6. The van der Waals surface area contributed by atoms with Gasteiger partial charge in [0.05, 0.1) is 38.6 Å². The van der Waals surface area contributed by atoms with Gasteiger partial charge in [0.1, 0.15) is 73.2 Å². The Morgan fingerprint density at radius 1 is 0.440 bits per heavy atom. The molecule has 0 aliphatic carbocycles. The molecule has 3 heterocycles. The summed E-state index contributed by atoms with van der Waals surface area (Å²) >= 11 is 0. The van der Waals surface area contributed by atoms with Crippen LogP contribution in [0.4, 0.5) is 0 Å². The van der Waals surface area contributed by atoms with Crippen molar-refractivity contribution >= 4 is 5.91 Å². The highest BCUT2D eigenvalue weighted by Gasteiger charge is 2.53. The summed E-state index contributed by atoms with van der Waals surface area (Å²) < 4.78 is 34.3. The summed E-state index contributed by atoms with van der Waals surface area (Å²) in [5.41, 5.74) is 0. The van der Waals surface area contributed by atoms with E-state index in [2.05, 4.69) is 79.9 Å². The predicted molar refractivity (Wildman–Crippen MR) is 323 cm³/mol. The van der Waals surface area contributed by atoms with Crippen LogP contribution in [-0.4, -0.2) is 193 Å². The molecule has 17 unspecified atom stereocenters. The molecule has 0 radical (unpaired) electrons. The van der Waals surface area contributed by atoms with Crippen molar-refractivity contribution in [1.82, 2.24) is 5.32 Å². The SMILES string of the molecule is CC/C=C\C/C=C\C/C=C\C/C=C\C/C=C\CCCCCCCCCC(=O)NC(COC1OC(CO)C(OC2OC(CO)C(OC3OC(CO)C(O)C(O)C3O)C(O)C2O)C(O)C1O)C(O)/C=C/CCCCCCCCCCCCCCCC. The molecule has 0 aromatic rings. The van der Waals surface area contributed by atoms with Crippen LogP contribution in [-0.2, 0) is 33.2 Å². The second-order valence-corrected chi connectivity index (χ2v) is 22.8. The minimum atomic E-state index is -1.98. The minimum Gasteiger partial charge on any atom is -0.394 e. The van der Waals surface area contributed by atoms with Crippen LogP contribution in [0.2, 0.25) is 0 Å². The summed E-state index contributed by atoms with van der Waals surface area (Å²) in [6.45, 7) is 1.59. The Morgan fingerprint density at radius 2 is 0.821 bits per heavy atom. The number of carbonyl (C=O) groups is 1. The maximum absolute atomic E-state index is 13.4. The molecule has 3 saturated heterocycles. The van der Waals surface area contributed by atoms with Crippen LogP contribution in [0, 0.1) is 0 Å². The molecule has 0 aromatic heterocycles. The Kier molecular flexibility index (Phi) is 42.5. The zero-order chi connectivity index (χ0) is 61.2. The van der Waals surface area contributed by atoms with Gasteiger partial charge in [-0.15, -0.1) is 0 Å². The second-order valence-electron chi connectivity index (χ2n) is 22.8.